The summed E-state index contributed by atoms with van der Waals surface area (Å²) in [5.41, 5.74) is 0. The highest BCUT2D eigenvalue weighted by Crippen LogP contribution is 2.22. The molecule has 2 nitrogen and oxygen atoms in total. The highest BCUT2D eigenvalue weighted by molar-refractivity contribution is 4.96. The number of nitrogens with zero attached hydrogens (tertiary/aromatic N) is 2. The number of rotatable bonds is 21. The van der Waals surface area contributed by atoms with Crippen LogP contribution >= 0.6 is 0 Å². The van der Waals surface area contributed by atoms with Gasteiger partial charge in [0, 0.05) is 25.5 Å². The first kappa shape index (κ1) is 26.4. The molecule has 0 N–H and O–H groups in total. The van der Waals surface area contributed by atoms with E-state index in [4.69, 9.17) is 0 Å². The van der Waals surface area contributed by atoms with Gasteiger partial charge in [0.15, 0.2) is 0 Å². The molecular weight excluding hydrogens is 352 g/mol. The SMILES string of the molecule is CCCCCCCCCCCCCCCCCCC1N(CCC)C=CN1CCC. The van der Waals surface area contributed by atoms with Gasteiger partial charge in [0.2, 0.25) is 0 Å². The molecular formula is C27H54N2. The highest BCUT2D eigenvalue weighted by Gasteiger charge is 2.24. The van der Waals surface area contributed by atoms with Gasteiger partial charge in [-0.3, -0.25) is 0 Å². The first-order valence-corrected chi connectivity index (χ1v) is 13.5. The Kier molecular flexibility index (Phi) is 17.6. The van der Waals surface area contributed by atoms with Crippen LogP contribution in [-0.2, 0) is 0 Å². The van der Waals surface area contributed by atoms with Crippen LogP contribution in [0.2, 0.25) is 0 Å². The Morgan fingerprint density at radius 2 is 0.793 bits per heavy atom. The van der Waals surface area contributed by atoms with E-state index >= 15 is 0 Å². The van der Waals surface area contributed by atoms with Gasteiger partial charge in [0.05, 0.1) is 0 Å². The van der Waals surface area contributed by atoms with E-state index in [2.05, 4.69) is 43.0 Å². The molecule has 1 aliphatic rings. The first-order valence-electron chi connectivity index (χ1n) is 13.5. The zero-order valence-electron chi connectivity index (χ0n) is 20.5. The summed E-state index contributed by atoms with van der Waals surface area (Å²) in [6.45, 7) is 9.31. The van der Waals surface area contributed by atoms with Gasteiger partial charge in [-0.1, -0.05) is 117 Å². The minimum Gasteiger partial charge on any atom is -0.356 e. The van der Waals surface area contributed by atoms with Gasteiger partial charge in [-0.15, -0.1) is 0 Å². The summed E-state index contributed by atoms with van der Waals surface area (Å²) in [7, 11) is 0. The molecule has 0 aliphatic carbocycles. The average Bonchev–Trinajstić information content (AvgIpc) is 3.09. The number of hydrogen-bond donors (Lipinski definition) is 0. The normalized spacial score (nSPS) is 14.4. The fourth-order valence-corrected chi connectivity index (χ4v) is 4.73. The molecule has 0 radical (unpaired) electrons. The predicted molar refractivity (Wildman–Crippen MR) is 131 cm³/mol. The van der Waals surface area contributed by atoms with E-state index < -0.39 is 0 Å². The Morgan fingerprint density at radius 3 is 1.14 bits per heavy atom. The minimum absolute atomic E-state index is 0.640. The molecule has 0 aromatic rings. The van der Waals surface area contributed by atoms with Crippen molar-refractivity contribution in [3.05, 3.63) is 12.4 Å². The average molecular weight is 407 g/mol. The van der Waals surface area contributed by atoms with Crippen molar-refractivity contribution in [3.8, 4) is 0 Å². The lowest BCUT2D eigenvalue weighted by Crippen LogP contribution is -2.39. The number of unbranched alkanes of at least 4 members (excludes halogenated alkanes) is 15. The van der Waals surface area contributed by atoms with Crippen LogP contribution in [0, 0.1) is 0 Å². The molecule has 2 heteroatoms. The third-order valence-corrected chi connectivity index (χ3v) is 6.49. The van der Waals surface area contributed by atoms with Gasteiger partial charge < -0.3 is 9.80 Å². The van der Waals surface area contributed by atoms with Crippen molar-refractivity contribution in [3.63, 3.8) is 0 Å². The Bertz CT molecular complexity index is 350. The molecule has 172 valence electrons. The van der Waals surface area contributed by atoms with Crippen LogP contribution in [0.4, 0.5) is 0 Å². The molecule has 1 aliphatic heterocycles. The Morgan fingerprint density at radius 1 is 0.448 bits per heavy atom. The van der Waals surface area contributed by atoms with Gasteiger partial charge in [0.1, 0.15) is 6.17 Å². The minimum atomic E-state index is 0.640. The monoisotopic (exact) mass is 406 g/mol. The van der Waals surface area contributed by atoms with Crippen molar-refractivity contribution in [2.24, 2.45) is 0 Å². The lowest BCUT2D eigenvalue weighted by atomic mass is 10.0. The van der Waals surface area contributed by atoms with Gasteiger partial charge in [-0.25, -0.2) is 0 Å². The summed E-state index contributed by atoms with van der Waals surface area (Å²) >= 11 is 0. The van der Waals surface area contributed by atoms with Crippen LogP contribution in [0.15, 0.2) is 12.4 Å². The molecule has 0 amide bonds. The quantitative estimate of drug-likeness (QED) is 0.176. The van der Waals surface area contributed by atoms with Gasteiger partial charge in [0.25, 0.3) is 0 Å². The van der Waals surface area contributed by atoms with Crippen molar-refractivity contribution in [1.82, 2.24) is 9.80 Å². The fraction of sp³-hybridized carbons (Fsp3) is 0.926. The molecule has 0 atom stereocenters. The lowest BCUT2D eigenvalue weighted by molar-refractivity contribution is 0.139. The topological polar surface area (TPSA) is 6.48 Å². The smallest absolute Gasteiger partial charge is 0.101 e. The van der Waals surface area contributed by atoms with E-state index in [1.54, 1.807) is 0 Å². The Balaban J connectivity index is 1.88. The lowest BCUT2D eigenvalue weighted by Gasteiger charge is -2.32. The fourth-order valence-electron chi connectivity index (χ4n) is 4.73. The second kappa shape index (κ2) is 19.3. The second-order valence-electron chi connectivity index (χ2n) is 9.35. The van der Waals surface area contributed by atoms with E-state index in [0.717, 1.165) is 0 Å². The van der Waals surface area contributed by atoms with Gasteiger partial charge >= 0.3 is 0 Å². The summed E-state index contributed by atoms with van der Waals surface area (Å²) in [4.78, 5) is 5.14. The van der Waals surface area contributed by atoms with E-state index in [1.807, 2.05) is 0 Å². The van der Waals surface area contributed by atoms with E-state index in [9.17, 15) is 0 Å². The largest absolute Gasteiger partial charge is 0.356 e. The van der Waals surface area contributed by atoms with Crippen molar-refractivity contribution >= 4 is 0 Å². The van der Waals surface area contributed by atoms with E-state index in [0.29, 0.717) is 6.17 Å². The zero-order chi connectivity index (χ0) is 21.0. The molecule has 0 saturated carbocycles. The third kappa shape index (κ3) is 13.3. The van der Waals surface area contributed by atoms with Crippen LogP contribution in [-0.4, -0.2) is 29.1 Å². The molecule has 0 aromatic carbocycles. The second-order valence-corrected chi connectivity index (χ2v) is 9.35. The van der Waals surface area contributed by atoms with Gasteiger partial charge in [-0.2, -0.15) is 0 Å². The predicted octanol–water partition coefficient (Wildman–Crippen LogP) is 8.87. The third-order valence-electron chi connectivity index (χ3n) is 6.49. The summed E-state index contributed by atoms with van der Waals surface area (Å²) in [6.07, 6.45) is 32.4. The van der Waals surface area contributed by atoms with Crippen LogP contribution in [0.3, 0.4) is 0 Å². The zero-order valence-corrected chi connectivity index (χ0v) is 20.5. The Labute approximate surface area is 184 Å². The number of hydrogen-bond acceptors (Lipinski definition) is 2. The van der Waals surface area contributed by atoms with Crippen molar-refractivity contribution < 1.29 is 0 Å². The van der Waals surface area contributed by atoms with Crippen molar-refractivity contribution in [2.75, 3.05) is 13.1 Å². The molecule has 0 aromatic heterocycles. The van der Waals surface area contributed by atoms with Crippen LogP contribution in [0.5, 0.6) is 0 Å². The summed E-state index contributed by atoms with van der Waals surface area (Å²) < 4.78 is 0. The molecule has 0 spiro atoms. The Hall–Kier alpha value is -0.660. The highest BCUT2D eigenvalue weighted by atomic mass is 15.4. The maximum atomic E-state index is 2.57. The van der Waals surface area contributed by atoms with Gasteiger partial charge in [-0.05, 0) is 25.7 Å². The van der Waals surface area contributed by atoms with Crippen LogP contribution < -0.4 is 0 Å². The molecule has 29 heavy (non-hydrogen) atoms. The van der Waals surface area contributed by atoms with E-state index in [-0.39, 0.29) is 0 Å². The molecule has 1 heterocycles. The molecule has 1 rings (SSSR count). The summed E-state index contributed by atoms with van der Waals surface area (Å²) in [5.74, 6) is 0. The molecule has 0 bridgehead atoms. The maximum Gasteiger partial charge on any atom is 0.101 e. The summed E-state index contributed by atoms with van der Waals surface area (Å²) in [5, 5.41) is 0. The molecule has 0 unspecified atom stereocenters. The maximum absolute atomic E-state index is 2.57. The summed E-state index contributed by atoms with van der Waals surface area (Å²) in [6, 6.07) is 0. The van der Waals surface area contributed by atoms with Crippen LogP contribution in [0.1, 0.15) is 143 Å². The van der Waals surface area contributed by atoms with Crippen molar-refractivity contribution in [2.45, 2.75) is 149 Å². The molecule has 0 saturated heterocycles. The first-order chi connectivity index (χ1) is 14.3. The van der Waals surface area contributed by atoms with Crippen LogP contribution in [0.25, 0.3) is 0 Å². The van der Waals surface area contributed by atoms with Crippen molar-refractivity contribution in [1.29, 1.82) is 0 Å². The van der Waals surface area contributed by atoms with E-state index in [1.165, 1.54) is 135 Å². The molecule has 0 fully saturated rings. The standard InChI is InChI=1S/C27H54N2/c1-4-7-8-9-10-11-12-13-14-15-16-17-18-19-20-21-22-27-28(23-5-2)25-26-29(27)24-6-3/h25-27H,4-24H2,1-3H3.